The van der Waals surface area contributed by atoms with Gasteiger partial charge in [-0.3, -0.25) is 19.3 Å². The number of hydrogen-bond acceptors (Lipinski definition) is 8. The molecule has 0 aliphatic carbocycles. The minimum Gasteiger partial charge on any atom is -0.481 e. The van der Waals surface area contributed by atoms with Crippen LogP contribution < -0.4 is 10.2 Å². The van der Waals surface area contributed by atoms with E-state index in [0.29, 0.717) is 55.6 Å². The number of anilines is 3. The highest BCUT2D eigenvalue weighted by Gasteiger charge is 2.40. The number of amides is 2. The van der Waals surface area contributed by atoms with Crippen molar-refractivity contribution in [2.75, 3.05) is 63.2 Å². The highest BCUT2D eigenvalue weighted by Crippen LogP contribution is 2.34. The Balaban J connectivity index is 1.09. The highest BCUT2D eigenvalue weighted by molar-refractivity contribution is 5.94. The minimum absolute atomic E-state index is 0.0603. The lowest BCUT2D eigenvalue weighted by molar-refractivity contribution is -0.142. The SMILES string of the molecule is Cc1ccccc1Nc1nc2ccc(CC(=O)N(C)c3ccc(C4CN(C(=O)CN5CCOCC5)CC4C(=O)O)cc3)cc2o1. The summed E-state index contributed by atoms with van der Waals surface area (Å²) in [4.78, 5) is 48.1. The highest BCUT2D eigenvalue weighted by atomic mass is 16.5. The number of carbonyl (C=O) groups excluding carboxylic acids is 2. The number of likely N-dealkylation sites (tertiary alicyclic amines) is 1. The van der Waals surface area contributed by atoms with Gasteiger partial charge in [-0.05, 0) is 53.9 Å². The van der Waals surface area contributed by atoms with Crippen molar-refractivity contribution < 1.29 is 28.6 Å². The fourth-order valence-corrected chi connectivity index (χ4v) is 5.99. The fourth-order valence-electron chi connectivity index (χ4n) is 5.99. The molecule has 0 radical (unpaired) electrons. The van der Waals surface area contributed by atoms with E-state index in [-0.39, 0.29) is 37.2 Å². The predicted molar refractivity (Wildman–Crippen MR) is 170 cm³/mol. The molecule has 2 aliphatic rings. The Morgan fingerprint density at radius 2 is 1.78 bits per heavy atom. The summed E-state index contributed by atoms with van der Waals surface area (Å²) in [6, 6.07) is 21.2. The van der Waals surface area contributed by atoms with Crippen molar-refractivity contribution in [2.24, 2.45) is 5.92 Å². The number of nitrogens with one attached hydrogen (secondary N) is 1. The molecule has 0 bridgehead atoms. The first-order chi connectivity index (χ1) is 21.7. The van der Waals surface area contributed by atoms with Crippen LogP contribution in [0, 0.1) is 12.8 Å². The quantitative estimate of drug-likeness (QED) is 0.288. The van der Waals surface area contributed by atoms with Gasteiger partial charge in [-0.1, -0.05) is 36.4 Å². The number of nitrogens with zero attached hydrogens (tertiary/aromatic N) is 4. The van der Waals surface area contributed by atoms with Crippen LogP contribution in [0.4, 0.5) is 17.4 Å². The molecule has 2 amide bonds. The number of carboxylic acid groups (broad SMARTS) is 1. The summed E-state index contributed by atoms with van der Waals surface area (Å²) in [5.41, 5.74) is 5.59. The Hall–Kier alpha value is -4.74. The second-order valence-corrected chi connectivity index (χ2v) is 11.7. The molecule has 2 atom stereocenters. The number of aliphatic carboxylic acids is 1. The lowest BCUT2D eigenvalue weighted by atomic mass is 9.89. The van der Waals surface area contributed by atoms with E-state index in [1.165, 1.54) is 0 Å². The number of likely N-dealkylation sites (N-methyl/N-ethyl adjacent to an activating group) is 1. The van der Waals surface area contributed by atoms with Gasteiger partial charge in [0.25, 0.3) is 6.01 Å². The van der Waals surface area contributed by atoms with Crippen molar-refractivity contribution in [2.45, 2.75) is 19.3 Å². The molecule has 11 heteroatoms. The van der Waals surface area contributed by atoms with E-state index in [2.05, 4.69) is 10.3 Å². The normalized spacial score (nSPS) is 18.7. The Kier molecular flexibility index (Phi) is 8.81. The van der Waals surface area contributed by atoms with Gasteiger partial charge in [-0.15, -0.1) is 0 Å². The molecule has 2 aliphatic heterocycles. The first-order valence-electron chi connectivity index (χ1n) is 15.1. The second kappa shape index (κ2) is 13.1. The van der Waals surface area contributed by atoms with Gasteiger partial charge < -0.3 is 29.4 Å². The van der Waals surface area contributed by atoms with E-state index in [1.807, 2.05) is 78.6 Å². The summed E-state index contributed by atoms with van der Waals surface area (Å²) >= 11 is 0. The molecule has 0 saturated carbocycles. The average molecular weight is 612 g/mol. The number of carbonyl (C=O) groups is 3. The molecule has 2 saturated heterocycles. The third kappa shape index (κ3) is 6.84. The molecule has 3 heterocycles. The van der Waals surface area contributed by atoms with Crippen molar-refractivity contribution in [1.29, 1.82) is 0 Å². The van der Waals surface area contributed by atoms with Crippen molar-refractivity contribution >= 4 is 46.3 Å². The van der Waals surface area contributed by atoms with Crippen LogP contribution >= 0.6 is 0 Å². The number of oxazole rings is 1. The number of ether oxygens (including phenoxy) is 1. The molecule has 0 spiro atoms. The lowest BCUT2D eigenvalue weighted by Crippen LogP contribution is -2.44. The van der Waals surface area contributed by atoms with Gasteiger partial charge in [-0.25, -0.2) is 0 Å². The number of carboxylic acids is 1. The molecule has 2 unspecified atom stereocenters. The number of para-hydroxylation sites is 1. The largest absolute Gasteiger partial charge is 0.481 e. The van der Waals surface area contributed by atoms with E-state index in [0.717, 1.165) is 22.4 Å². The number of aromatic nitrogens is 1. The van der Waals surface area contributed by atoms with E-state index < -0.39 is 11.9 Å². The summed E-state index contributed by atoms with van der Waals surface area (Å²) in [7, 11) is 1.72. The van der Waals surface area contributed by atoms with Crippen LogP contribution in [0.5, 0.6) is 0 Å². The van der Waals surface area contributed by atoms with Gasteiger partial charge in [-0.2, -0.15) is 4.98 Å². The molecule has 4 aromatic rings. The van der Waals surface area contributed by atoms with E-state index in [4.69, 9.17) is 9.15 Å². The van der Waals surface area contributed by atoms with Crippen LogP contribution in [-0.4, -0.2) is 90.7 Å². The van der Waals surface area contributed by atoms with Crippen LogP contribution in [-0.2, 0) is 25.5 Å². The molecule has 11 nitrogen and oxygen atoms in total. The summed E-state index contributed by atoms with van der Waals surface area (Å²) in [6.07, 6.45) is 0.166. The first kappa shape index (κ1) is 30.3. The van der Waals surface area contributed by atoms with Crippen molar-refractivity contribution in [3.8, 4) is 0 Å². The van der Waals surface area contributed by atoms with Crippen molar-refractivity contribution in [3.63, 3.8) is 0 Å². The third-order valence-corrected chi connectivity index (χ3v) is 8.73. The van der Waals surface area contributed by atoms with Gasteiger partial charge in [0, 0.05) is 50.5 Å². The van der Waals surface area contributed by atoms with Gasteiger partial charge in [0.05, 0.1) is 32.1 Å². The maximum atomic E-state index is 13.2. The number of rotatable bonds is 9. The molecule has 3 aromatic carbocycles. The average Bonchev–Trinajstić information content (AvgIpc) is 3.67. The zero-order valence-corrected chi connectivity index (χ0v) is 25.4. The van der Waals surface area contributed by atoms with Crippen molar-refractivity contribution in [3.05, 3.63) is 83.4 Å². The van der Waals surface area contributed by atoms with Crippen LogP contribution in [0.25, 0.3) is 11.1 Å². The first-order valence-corrected chi connectivity index (χ1v) is 15.1. The molecular weight excluding hydrogens is 574 g/mol. The monoisotopic (exact) mass is 611 g/mol. The third-order valence-electron chi connectivity index (χ3n) is 8.73. The Bertz CT molecular complexity index is 1700. The summed E-state index contributed by atoms with van der Waals surface area (Å²) in [5.74, 6) is -2.11. The molecule has 2 fully saturated rings. The summed E-state index contributed by atoms with van der Waals surface area (Å²) in [6.45, 7) is 5.39. The molecular formula is C34H37N5O6. The maximum absolute atomic E-state index is 13.2. The lowest BCUT2D eigenvalue weighted by Gasteiger charge is -2.28. The smallest absolute Gasteiger partial charge is 0.308 e. The van der Waals surface area contributed by atoms with Crippen molar-refractivity contribution in [1.82, 2.24) is 14.8 Å². The zero-order valence-electron chi connectivity index (χ0n) is 25.4. The Morgan fingerprint density at radius 1 is 1.02 bits per heavy atom. The summed E-state index contributed by atoms with van der Waals surface area (Å²) in [5, 5.41) is 13.1. The van der Waals surface area contributed by atoms with Crippen LogP contribution in [0.2, 0.25) is 0 Å². The molecule has 1 aromatic heterocycles. The number of morpholine rings is 1. The minimum atomic E-state index is -0.917. The molecule has 45 heavy (non-hydrogen) atoms. The standard InChI is InChI=1S/C34H37N5O6/c1-22-5-3-4-6-28(22)35-34-36-29-12-7-23(17-30(29)45-34)18-31(40)37(2)25-10-8-24(9-11-25)26-19-39(20-27(26)33(42)43)32(41)21-38-13-15-44-16-14-38/h3-12,17,26-27H,13-16,18-21H2,1-2H3,(H,35,36)(H,42,43). The molecule has 2 N–H and O–H groups in total. The van der Waals surface area contributed by atoms with Gasteiger partial charge in [0.2, 0.25) is 11.8 Å². The maximum Gasteiger partial charge on any atom is 0.308 e. The number of hydrogen-bond donors (Lipinski definition) is 2. The van der Waals surface area contributed by atoms with E-state index in [1.54, 1.807) is 16.8 Å². The van der Waals surface area contributed by atoms with Crippen LogP contribution in [0.3, 0.4) is 0 Å². The Labute approximate surface area is 261 Å². The number of fused-ring (bicyclic) bond motifs is 1. The Morgan fingerprint density at radius 3 is 2.51 bits per heavy atom. The number of benzene rings is 3. The van der Waals surface area contributed by atoms with Gasteiger partial charge in [0.15, 0.2) is 5.58 Å². The molecule has 234 valence electrons. The second-order valence-electron chi connectivity index (χ2n) is 11.7. The fraction of sp³-hybridized carbons (Fsp3) is 0.353. The summed E-state index contributed by atoms with van der Waals surface area (Å²) < 4.78 is 11.3. The topological polar surface area (TPSA) is 128 Å². The van der Waals surface area contributed by atoms with Crippen LogP contribution in [0.15, 0.2) is 71.1 Å². The molecule has 6 rings (SSSR count). The number of aryl methyl sites for hydroxylation is 1. The van der Waals surface area contributed by atoms with E-state index in [9.17, 15) is 19.5 Å². The van der Waals surface area contributed by atoms with Gasteiger partial charge >= 0.3 is 5.97 Å². The predicted octanol–water partition coefficient (Wildman–Crippen LogP) is 4.04. The van der Waals surface area contributed by atoms with Crippen LogP contribution in [0.1, 0.15) is 22.6 Å². The zero-order chi connectivity index (χ0) is 31.5. The van der Waals surface area contributed by atoms with E-state index >= 15 is 0 Å². The van der Waals surface area contributed by atoms with Gasteiger partial charge in [0.1, 0.15) is 5.52 Å².